The van der Waals surface area contributed by atoms with E-state index in [2.05, 4.69) is 4.74 Å². The van der Waals surface area contributed by atoms with Crippen molar-refractivity contribution < 1.29 is 27.8 Å². The van der Waals surface area contributed by atoms with Crippen molar-refractivity contribution in [2.45, 2.75) is 50.5 Å². The van der Waals surface area contributed by atoms with E-state index in [0.29, 0.717) is 13.0 Å². The summed E-state index contributed by atoms with van der Waals surface area (Å²) in [5.41, 5.74) is 0. The molecule has 1 N–H and O–H groups in total. The Balaban J connectivity index is 1.91. The summed E-state index contributed by atoms with van der Waals surface area (Å²) in [4.78, 5) is 0. The zero-order valence-electron chi connectivity index (χ0n) is 9.71. The van der Waals surface area contributed by atoms with Gasteiger partial charge < -0.3 is 14.6 Å². The largest absolute Gasteiger partial charge is 0.411 e. The third-order valence-electron chi connectivity index (χ3n) is 2.70. The van der Waals surface area contributed by atoms with Crippen molar-refractivity contribution in [1.82, 2.24) is 0 Å². The maximum Gasteiger partial charge on any atom is 0.411 e. The number of halogens is 3. The van der Waals surface area contributed by atoms with Crippen LogP contribution < -0.4 is 0 Å². The summed E-state index contributed by atoms with van der Waals surface area (Å²) in [5, 5.41) is 9.26. The standard InChI is InChI=1S/C11H19F3O3/c12-11(13,14)8-16-6-1-7-17-10-4-2-9(15)3-5-10/h9-10,15H,1-8H2. The summed E-state index contributed by atoms with van der Waals surface area (Å²) in [6.45, 7) is -0.712. The summed E-state index contributed by atoms with van der Waals surface area (Å²) >= 11 is 0. The number of aliphatic hydroxyl groups is 1. The number of hydrogen-bond acceptors (Lipinski definition) is 3. The van der Waals surface area contributed by atoms with Crippen LogP contribution in [0.2, 0.25) is 0 Å². The molecule has 0 spiro atoms. The minimum absolute atomic E-state index is 0.0643. The monoisotopic (exact) mass is 256 g/mol. The Hall–Kier alpha value is -0.330. The van der Waals surface area contributed by atoms with Crippen LogP contribution >= 0.6 is 0 Å². The van der Waals surface area contributed by atoms with Crippen molar-refractivity contribution in [3.63, 3.8) is 0 Å². The van der Waals surface area contributed by atoms with E-state index in [1.165, 1.54) is 0 Å². The molecule has 0 atom stereocenters. The molecule has 0 aromatic carbocycles. The van der Waals surface area contributed by atoms with Gasteiger partial charge in [-0.1, -0.05) is 0 Å². The smallest absolute Gasteiger partial charge is 0.393 e. The van der Waals surface area contributed by atoms with Crippen molar-refractivity contribution in [2.24, 2.45) is 0 Å². The molecule has 0 aromatic heterocycles. The van der Waals surface area contributed by atoms with E-state index in [-0.39, 0.29) is 18.8 Å². The highest BCUT2D eigenvalue weighted by Crippen LogP contribution is 2.21. The van der Waals surface area contributed by atoms with E-state index < -0.39 is 12.8 Å². The molecule has 1 aliphatic rings. The van der Waals surface area contributed by atoms with Gasteiger partial charge in [0.25, 0.3) is 0 Å². The van der Waals surface area contributed by atoms with Gasteiger partial charge in [0.2, 0.25) is 0 Å². The zero-order valence-corrected chi connectivity index (χ0v) is 9.71. The lowest BCUT2D eigenvalue weighted by molar-refractivity contribution is -0.174. The molecule has 0 radical (unpaired) electrons. The van der Waals surface area contributed by atoms with Gasteiger partial charge >= 0.3 is 6.18 Å². The lowest BCUT2D eigenvalue weighted by Gasteiger charge is -2.25. The van der Waals surface area contributed by atoms with E-state index in [9.17, 15) is 18.3 Å². The normalized spacial score (nSPS) is 26.1. The van der Waals surface area contributed by atoms with Crippen LogP contribution in [-0.4, -0.2) is 43.3 Å². The number of rotatable bonds is 6. The molecule has 0 bridgehead atoms. The molecule has 0 saturated heterocycles. The Kier molecular flexibility index (Phi) is 6.22. The van der Waals surface area contributed by atoms with Crippen LogP contribution in [0, 0.1) is 0 Å². The fraction of sp³-hybridized carbons (Fsp3) is 1.00. The van der Waals surface area contributed by atoms with Crippen molar-refractivity contribution in [2.75, 3.05) is 19.8 Å². The Morgan fingerprint density at radius 3 is 2.29 bits per heavy atom. The molecular formula is C11H19F3O3. The second-order valence-corrected chi connectivity index (χ2v) is 4.32. The molecule has 3 nitrogen and oxygen atoms in total. The average Bonchev–Trinajstić information content (AvgIpc) is 2.24. The molecule has 0 heterocycles. The van der Waals surface area contributed by atoms with E-state index >= 15 is 0 Å². The van der Waals surface area contributed by atoms with Gasteiger partial charge in [-0.2, -0.15) is 13.2 Å². The first-order valence-corrected chi connectivity index (χ1v) is 5.91. The van der Waals surface area contributed by atoms with Gasteiger partial charge in [0.05, 0.1) is 12.2 Å². The van der Waals surface area contributed by atoms with Crippen molar-refractivity contribution >= 4 is 0 Å². The van der Waals surface area contributed by atoms with Crippen LogP contribution in [0.15, 0.2) is 0 Å². The predicted octanol–water partition coefficient (Wildman–Crippen LogP) is 2.28. The van der Waals surface area contributed by atoms with Crippen LogP contribution in [0.5, 0.6) is 0 Å². The van der Waals surface area contributed by atoms with Crippen molar-refractivity contribution in [1.29, 1.82) is 0 Å². The topological polar surface area (TPSA) is 38.7 Å². The minimum Gasteiger partial charge on any atom is -0.393 e. The fourth-order valence-electron chi connectivity index (χ4n) is 1.81. The number of ether oxygens (including phenoxy) is 2. The van der Waals surface area contributed by atoms with Crippen LogP contribution in [-0.2, 0) is 9.47 Å². The van der Waals surface area contributed by atoms with Gasteiger partial charge in [-0.05, 0) is 32.1 Å². The Morgan fingerprint density at radius 1 is 1.06 bits per heavy atom. The first-order chi connectivity index (χ1) is 7.97. The number of hydrogen-bond donors (Lipinski definition) is 1. The summed E-state index contributed by atoms with van der Waals surface area (Å²) in [7, 11) is 0. The van der Waals surface area contributed by atoms with Gasteiger partial charge in [0.15, 0.2) is 0 Å². The molecule has 1 saturated carbocycles. The van der Waals surface area contributed by atoms with E-state index in [1.54, 1.807) is 0 Å². The summed E-state index contributed by atoms with van der Waals surface area (Å²) in [6.07, 6.45) is -0.722. The lowest BCUT2D eigenvalue weighted by Crippen LogP contribution is -2.25. The summed E-state index contributed by atoms with van der Waals surface area (Å²) < 4.78 is 45.1. The van der Waals surface area contributed by atoms with Crippen LogP contribution in [0.25, 0.3) is 0 Å². The Bertz CT molecular complexity index is 201. The Labute approximate surface area is 98.9 Å². The average molecular weight is 256 g/mol. The third kappa shape index (κ3) is 7.57. The molecule has 1 aliphatic carbocycles. The fourth-order valence-corrected chi connectivity index (χ4v) is 1.81. The first-order valence-electron chi connectivity index (χ1n) is 5.91. The molecule has 0 aliphatic heterocycles. The molecule has 17 heavy (non-hydrogen) atoms. The maximum absolute atomic E-state index is 11.7. The number of alkyl halides is 3. The summed E-state index contributed by atoms with van der Waals surface area (Å²) in [5.74, 6) is 0. The Morgan fingerprint density at radius 2 is 1.71 bits per heavy atom. The second-order valence-electron chi connectivity index (χ2n) is 4.32. The maximum atomic E-state index is 11.7. The predicted molar refractivity (Wildman–Crippen MR) is 55.7 cm³/mol. The third-order valence-corrected chi connectivity index (χ3v) is 2.70. The van der Waals surface area contributed by atoms with E-state index in [1.807, 2.05) is 0 Å². The highest BCUT2D eigenvalue weighted by Gasteiger charge is 2.27. The second kappa shape index (κ2) is 7.18. The number of aliphatic hydroxyl groups excluding tert-OH is 1. The quantitative estimate of drug-likeness (QED) is 0.741. The lowest BCUT2D eigenvalue weighted by atomic mass is 9.95. The SMILES string of the molecule is OC1CCC(OCCCOCC(F)(F)F)CC1. The van der Waals surface area contributed by atoms with Gasteiger partial charge in [-0.15, -0.1) is 0 Å². The molecule has 0 aromatic rings. The van der Waals surface area contributed by atoms with Crippen LogP contribution in [0.1, 0.15) is 32.1 Å². The van der Waals surface area contributed by atoms with E-state index in [4.69, 9.17) is 4.74 Å². The van der Waals surface area contributed by atoms with Gasteiger partial charge in [0.1, 0.15) is 6.61 Å². The van der Waals surface area contributed by atoms with Gasteiger partial charge in [0, 0.05) is 13.2 Å². The summed E-state index contributed by atoms with van der Waals surface area (Å²) in [6, 6.07) is 0. The molecule has 102 valence electrons. The zero-order chi connectivity index (χ0) is 12.7. The molecule has 1 rings (SSSR count). The van der Waals surface area contributed by atoms with Crippen molar-refractivity contribution in [3.05, 3.63) is 0 Å². The minimum atomic E-state index is -4.25. The van der Waals surface area contributed by atoms with Crippen LogP contribution in [0.3, 0.4) is 0 Å². The van der Waals surface area contributed by atoms with Gasteiger partial charge in [-0.3, -0.25) is 0 Å². The molecular weight excluding hydrogens is 237 g/mol. The highest BCUT2D eigenvalue weighted by atomic mass is 19.4. The molecule has 0 unspecified atom stereocenters. The van der Waals surface area contributed by atoms with E-state index in [0.717, 1.165) is 25.7 Å². The van der Waals surface area contributed by atoms with Crippen molar-refractivity contribution in [3.8, 4) is 0 Å². The first kappa shape index (κ1) is 14.7. The molecule has 0 amide bonds. The molecule has 1 fully saturated rings. The molecule has 6 heteroatoms. The highest BCUT2D eigenvalue weighted by molar-refractivity contribution is 4.71. The van der Waals surface area contributed by atoms with Crippen LogP contribution in [0.4, 0.5) is 13.2 Å². The van der Waals surface area contributed by atoms with Gasteiger partial charge in [-0.25, -0.2) is 0 Å².